The van der Waals surface area contributed by atoms with Gasteiger partial charge < -0.3 is 21.3 Å². The number of hydrogen-bond acceptors (Lipinski definition) is 9. The number of pyridine rings is 1. The first-order chi connectivity index (χ1) is 16.2. The Hall–Kier alpha value is -4.11. The Bertz CT molecular complexity index is 1220. The number of aromatic nitrogens is 5. The van der Waals surface area contributed by atoms with Crippen molar-refractivity contribution in [3.63, 3.8) is 0 Å². The number of nitrogens with one attached hydrogen (secondary N) is 4. The van der Waals surface area contributed by atoms with E-state index in [2.05, 4.69) is 58.3 Å². The SMILES string of the molecule is Cc1cccc(-c2nccc(Nc3ccnc(Nc4ccc(N[C@H]5CCNC5)cc4)n3)n2)n1. The summed E-state index contributed by atoms with van der Waals surface area (Å²) in [5, 5.41) is 13.4. The second kappa shape index (κ2) is 9.58. The molecule has 0 aliphatic carbocycles. The molecule has 1 aromatic carbocycles. The largest absolute Gasteiger partial charge is 0.381 e. The molecule has 4 aromatic rings. The quantitative estimate of drug-likeness (QED) is 0.340. The molecule has 0 amide bonds. The third kappa shape index (κ3) is 5.39. The second-order valence-electron chi connectivity index (χ2n) is 7.86. The minimum atomic E-state index is 0.485. The number of rotatable bonds is 7. The fourth-order valence-corrected chi connectivity index (χ4v) is 3.63. The van der Waals surface area contributed by atoms with Crippen LogP contribution < -0.4 is 21.3 Å². The zero-order valence-corrected chi connectivity index (χ0v) is 18.3. The minimum Gasteiger partial charge on any atom is -0.381 e. The van der Waals surface area contributed by atoms with Gasteiger partial charge in [-0.1, -0.05) is 6.07 Å². The first kappa shape index (κ1) is 20.8. The van der Waals surface area contributed by atoms with Crippen molar-refractivity contribution in [2.45, 2.75) is 19.4 Å². The third-order valence-corrected chi connectivity index (χ3v) is 5.26. The fourth-order valence-electron chi connectivity index (χ4n) is 3.63. The molecule has 1 aliphatic rings. The smallest absolute Gasteiger partial charge is 0.229 e. The molecule has 4 N–H and O–H groups in total. The van der Waals surface area contributed by atoms with E-state index >= 15 is 0 Å². The van der Waals surface area contributed by atoms with Crippen molar-refractivity contribution in [3.05, 3.63) is 72.7 Å². The molecule has 0 saturated carbocycles. The van der Waals surface area contributed by atoms with E-state index in [1.165, 1.54) is 0 Å². The molecular formula is C24H25N9. The fraction of sp³-hybridized carbons (Fsp3) is 0.208. The van der Waals surface area contributed by atoms with Gasteiger partial charge in [-0.2, -0.15) is 4.98 Å². The Labute approximate surface area is 192 Å². The van der Waals surface area contributed by atoms with Crippen molar-refractivity contribution in [2.24, 2.45) is 0 Å². The van der Waals surface area contributed by atoms with Gasteiger partial charge in [-0.3, -0.25) is 0 Å². The van der Waals surface area contributed by atoms with Gasteiger partial charge in [0.1, 0.15) is 17.3 Å². The van der Waals surface area contributed by atoms with Crippen LogP contribution in [-0.4, -0.2) is 44.1 Å². The van der Waals surface area contributed by atoms with Gasteiger partial charge in [-0.15, -0.1) is 0 Å². The van der Waals surface area contributed by atoms with E-state index in [1.54, 1.807) is 24.5 Å². The van der Waals surface area contributed by atoms with Crippen LogP contribution in [0.15, 0.2) is 67.0 Å². The molecule has 0 unspecified atom stereocenters. The predicted molar refractivity (Wildman–Crippen MR) is 130 cm³/mol. The van der Waals surface area contributed by atoms with E-state index in [4.69, 9.17) is 0 Å². The molecule has 1 atom stereocenters. The molecule has 1 saturated heterocycles. The van der Waals surface area contributed by atoms with Crippen molar-refractivity contribution in [3.8, 4) is 11.5 Å². The van der Waals surface area contributed by atoms with Crippen LogP contribution >= 0.6 is 0 Å². The van der Waals surface area contributed by atoms with E-state index < -0.39 is 0 Å². The van der Waals surface area contributed by atoms with Gasteiger partial charge in [0.15, 0.2) is 5.82 Å². The zero-order chi connectivity index (χ0) is 22.5. The predicted octanol–water partition coefficient (Wildman–Crippen LogP) is 3.90. The molecule has 4 heterocycles. The van der Waals surface area contributed by atoms with Crippen LogP contribution in [0.3, 0.4) is 0 Å². The molecule has 0 bridgehead atoms. The minimum absolute atomic E-state index is 0.485. The number of anilines is 5. The lowest BCUT2D eigenvalue weighted by Gasteiger charge is -2.13. The Balaban J connectivity index is 1.25. The van der Waals surface area contributed by atoms with E-state index in [-0.39, 0.29) is 0 Å². The van der Waals surface area contributed by atoms with Crippen molar-refractivity contribution in [2.75, 3.05) is 29.0 Å². The maximum absolute atomic E-state index is 4.57. The Morgan fingerprint density at radius 3 is 2.39 bits per heavy atom. The Morgan fingerprint density at radius 2 is 1.61 bits per heavy atom. The third-order valence-electron chi connectivity index (χ3n) is 5.26. The first-order valence-corrected chi connectivity index (χ1v) is 10.9. The molecule has 9 nitrogen and oxygen atoms in total. The number of nitrogens with zero attached hydrogens (tertiary/aromatic N) is 5. The summed E-state index contributed by atoms with van der Waals surface area (Å²) in [6.45, 7) is 4.01. The standard InChI is InChI=1S/C24H25N9/c1-16-3-2-4-20(28-16)23-26-13-10-21(32-23)31-22-11-14-27-24(33-22)30-18-7-5-17(6-8-18)29-19-9-12-25-15-19/h2-8,10-11,13-14,19,25,29H,9,12,15H2,1H3,(H2,26,27,30,31,32,33)/t19-/m0/s1. The van der Waals surface area contributed by atoms with Gasteiger partial charge in [0, 0.05) is 42.0 Å². The summed E-state index contributed by atoms with van der Waals surface area (Å²) in [6, 6.07) is 18.0. The summed E-state index contributed by atoms with van der Waals surface area (Å²) < 4.78 is 0. The lowest BCUT2D eigenvalue weighted by atomic mass is 10.2. The van der Waals surface area contributed by atoms with Crippen LogP contribution in [0.25, 0.3) is 11.5 Å². The van der Waals surface area contributed by atoms with Crippen molar-refractivity contribution in [1.82, 2.24) is 30.2 Å². The normalized spacial score (nSPS) is 15.2. The summed E-state index contributed by atoms with van der Waals surface area (Å²) >= 11 is 0. The highest BCUT2D eigenvalue weighted by Gasteiger charge is 2.13. The van der Waals surface area contributed by atoms with E-state index in [0.717, 1.165) is 42.3 Å². The second-order valence-corrected chi connectivity index (χ2v) is 7.86. The van der Waals surface area contributed by atoms with Crippen molar-refractivity contribution < 1.29 is 0 Å². The lowest BCUT2D eigenvalue weighted by Crippen LogP contribution is -2.21. The molecule has 1 fully saturated rings. The van der Waals surface area contributed by atoms with Crippen LogP contribution in [0.1, 0.15) is 12.1 Å². The Morgan fingerprint density at radius 1 is 0.818 bits per heavy atom. The number of hydrogen-bond donors (Lipinski definition) is 4. The average molecular weight is 440 g/mol. The first-order valence-electron chi connectivity index (χ1n) is 10.9. The molecule has 3 aromatic heterocycles. The highest BCUT2D eigenvalue weighted by molar-refractivity contribution is 5.61. The van der Waals surface area contributed by atoms with Crippen molar-refractivity contribution in [1.29, 1.82) is 0 Å². The lowest BCUT2D eigenvalue weighted by molar-refractivity contribution is 0.793. The summed E-state index contributed by atoms with van der Waals surface area (Å²) in [5.74, 6) is 2.31. The summed E-state index contributed by atoms with van der Waals surface area (Å²) in [5.41, 5.74) is 3.66. The van der Waals surface area contributed by atoms with Gasteiger partial charge in [-0.25, -0.2) is 19.9 Å². The van der Waals surface area contributed by atoms with Crippen LogP contribution in [0, 0.1) is 6.92 Å². The van der Waals surface area contributed by atoms with Crippen LogP contribution in [0.5, 0.6) is 0 Å². The monoisotopic (exact) mass is 439 g/mol. The molecule has 1 aliphatic heterocycles. The van der Waals surface area contributed by atoms with Gasteiger partial charge in [-0.05, 0) is 68.4 Å². The molecule has 0 spiro atoms. The molecule has 0 radical (unpaired) electrons. The Kier molecular flexibility index (Phi) is 6.03. The summed E-state index contributed by atoms with van der Waals surface area (Å²) in [6.07, 6.45) is 4.54. The summed E-state index contributed by atoms with van der Waals surface area (Å²) in [4.78, 5) is 22.3. The molecule has 33 heavy (non-hydrogen) atoms. The highest BCUT2D eigenvalue weighted by Crippen LogP contribution is 2.20. The maximum atomic E-state index is 4.57. The maximum Gasteiger partial charge on any atom is 0.229 e. The van der Waals surface area contributed by atoms with E-state index in [0.29, 0.717) is 29.5 Å². The van der Waals surface area contributed by atoms with Gasteiger partial charge >= 0.3 is 0 Å². The van der Waals surface area contributed by atoms with Gasteiger partial charge in [0.05, 0.1) is 0 Å². The molecular weight excluding hydrogens is 414 g/mol. The van der Waals surface area contributed by atoms with Crippen molar-refractivity contribution >= 4 is 29.0 Å². The van der Waals surface area contributed by atoms with E-state index in [9.17, 15) is 0 Å². The average Bonchev–Trinajstić information content (AvgIpc) is 3.34. The zero-order valence-electron chi connectivity index (χ0n) is 18.3. The molecule has 166 valence electrons. The summed E-state index contributed by atoms with van der Waals surface area (Å²) in [7, 11) is 0. The van der Waals surface area contributed by atoms with Gasteiger partial charge in [0.25, 0.3) is 0 Å². The van der Waals surface area contributed by atoms with Crippen LogP contribution in [0.4, 0.5) is 29.0 Å². The number of benzene rings is 1. The number of aryl methyl sites for hydroxylation is 1. The van der Waals surface area contributed by atoms with E-state index in [1.807, 2.05) is 37.3 Å². The van der Waals surface area contributed by atoms with Crippen LogP contribution in [-0.2, 0) is 0 Å². The van der Waals surface area contributed by atoms with Gasteiger partial charge in [0.2, 0.25) is 5.95 Å². The molecule has 9 heteroatoms. The topological polar surface area (TPSA) is 113 Å². The van der Waals surface area contributed by atoms with Crippen LogP contribution in [0.2, 0.25) is 0 Å². The highest BCUT2D eigenvalue weighted by atomic mass is 15.2. The molecule has 5 rings (SSSR count).